The predicted molar refractivity (Wildman–Crippen MR) is 63.6 cm³/mol. The van der Waals surface area contributed by atoms with Crippen LogP contribution in [0.2, 0.25) is 0 Å². The van der Waals surface area contributed by atoms with Gasteiger partial charge >= 0.3 is 0 Å². The Hall–Kier alpha value is -2.07. The van der Waals surface area contributed by atoms with Gasteiger partial charge in [-0.2, -0.15) is 0 Å². The maximum absolute atomic E-state index is 9.12. The highest BCUT2D eigenvalue weighted by Crippen LogP contribution is 2.05. The van der Waals surface area contributed by atoms with E-state index in [-0.39, 0.29) is 6.61 Å². The van der Waals surface area contributed by atoms with E-state index in [2.05, 4.69) is 5.16 Å². The van der Waals surface area contributed by atoms with E-state index in [4.69, 9.17) is 14.4 Å². The summed E-state index contributed by atoms with van der Waals surface area (Å²) < 4.78 is 5.12. The van der Waals surface area contributed by atoms with Crippen molar-refractivity contribution in [1.29, 1.82) is 0 Å². The number of aliphatic hydroxyl groups is 1. The molecule has 0 bridgehead atoms. The second kappa shape index (κ2) is 5.86. The third-order valence-corrected chi connectivity index (χ3v) is 2.20. The van der Waals surface area contributed by atoms with Crippen LogP contribution in [0.5, 0.6) is 0 Å². The Morgan fingerprint density at radius 3 is 2.65 bits per heavy atom. The Labute approximate surface area is 99.1 Å². The van der Waals surface area contributed by atoms with Gasteiger partial charge in [0.15, 0.2) is 5.76 Å². The Kier molecular flexibility index (Phi) is 3.94. The van der Waals surface area contributed by atoms with E-state index >= 15 is 0 Å². The minimum Gasteiger partial charge on any atom is -0.463 e. The highest BCUT2D eigenvalue weighted by molar-refractivity contribution is 5.98. The molecule has 0 saturated heterocycles. The average molecular weight is 231 g/mol. The van der Waals surface area contributed by atoms with Crippen molar-refractivity contribution in [2.24, 2.45) is 5.16 Å². The summed E-state index contributed by atoms with van der Waals surface area (Å²) in [5.41, 5.74) is 1.40. The van der Waals surface area contributed by atoms with Crippen molar-refractivity contribution in [2.45, 2.75) is 6.61 Å². The molecule has 17 heavy (non-hydrogen) atoms. The molecule has 0 atom stereocenters. The number of aliphatic hydroxyl groups excluding tert-OH is 1. The maximum atomic E-state index is 9.12. The number of benzene rings is 1. The summed E-state index contributed by atoms with van der Waals surface area (Å²) in [6.07, 6.45) is 1.53. The molecule has 0 aliphatic carbocycles. The van der Waals surface area contributed by atoms with Gasteiger partial charge in [0.05, 0.1) is 12.9 Å². The van der Waals surface area contributed by atoms with Crippen LogP contribution in [0.1, 0.15) is 11.3 Å². The minimum absolute atomic E-state index is 0.220. The molecule has 88 valence electrons. The SMILES string of the molecule is OC/C(=N/OCc1ccccc1)c1ccco1. The first-order chi connectivity index (χ1) is 8.40. The smallest absolute Gasteiger partial charge is 0.153 e. The molecule has 2 aromatic rings. The molecule has 0 unspecified atom stereocenters. The van der Waals surface area contributed by atoms with Gasteiger partial charge in [-0.25, -0.2) is 0 Å². The molecule has 2 rings (SSSR count). The topological polar surface area (TPSA) is 55.0 Å². The second-order valence-electron chi connectivity index (χ2n) is 3.43. The van der Waals surface area contributed by atoms with Crippen molar-refractivity contribution in [2.75, 3.05) is 6.61 Å². The number of hydrogen-bond donors (Lipinski definition) is 1. The van der Waals surface area contributed by atoms with Crippen LogP contribution in [0.25, 0.3) is 0 Å². The van der Waals surface area contributed by atoms with Crippen molar-refractivity contribution in [3.8, 4) is 0 Å². The van der Waals surface area contributed by atoms with Crippen molar-refractivity contribution in [3.63, 3.8) is 0 Å². The number of hydrogen-bond acceptors (Lipinski definition) is 4. The number of nitrogens with zero attached hydrogens (tertiary/aromatic N) is 1. The Morgan fingerprint density at radius 1 is 1.18 bits per heavy atom. The molecule has 0 spiro atoms. The Balaban J connectivity index is 1.95. The first-order valence-corrected chi connectivity index (χ1v) is 5.27. The van der Waals surface area contributed by atoms with Gasteiger partial charge in [0, 0.05) is 0 Å². The zero-order chi connectivity index (χ0) is 11.9. The van der Waals surface area contributed by atoms with Gasteiger partial charge in [-0.3, -0.25) is 0 Å². The number of oxime groups is 1. The molecule has 4 heteroatoms. The summed E-state index contributed by atoms with van der Waals surface area (Å²) >= 11 is 0. The van der Waals surface area contributed by atoms with E-state index < -0.39 is 0 Å². The molecule has 0 amide bonds. The third-order valence-electron chi connectivity index (χ3n) is 2.20. The van der Waals surface area contributed by atoms with Gasteiger partial charge in [0.1, 0.15) is 12.3 Å². The van der Waals surface area contributed by atoms with Crippen LogP contribution in [-0.2, 0) is 11.4 Å². The van der Waals surface area contributed by atoms with Crippen LogP contribution in [0, 0.1) is 0 Å². The zero-order valence-corrected chi connectivity index (χ0v) is 9.24. The van der Waals surface area contributed by atoms with Crippen LogP contribution in [0.4, 0.5) is 0 Å². The second-order valence-corrected chi connectivity index (χ2v) is 3.43. The standard InChI is InChI=1S/C13H13NO3/c15-9-12(13-7-4-8-16-13)14-17-10-11-5-2-1-3-6-11/h1-8,15H,9-10H2/b14-12-. The van der Waals surface area contributed by atoms with Gasteiger partial charge in [0.25, 0.3) is 0 Å². The molecule has 1 heterocycles. The lowest BCUT2D eigenvalue weighted by atomic mass is 10.2. The van der Waals surface area contributed by atoms with Crippen molar-refractivity contribution < 1.29 is 14.4 Å². The highest BCUT2D eigenvalue weighted by Gasteiger charge is 2.05. The van der Waals surface area contributed by atoms with Crippen molar-refractivity contribution in [1.82, 2.24) is 0 Å². The maximum Gasteiger partial charge on any atom is 0.153 e. The lowest BCUT2D eigenvalue weighted by Crippen LogP contribution is -2.06. The van der Waals surface area contributed by atoms with Gasteiger partial charge in [0.2, 0.25) is 0 Å². The molecule has 4 nitrogen and oxygen atoms in total. The Morgan fingerprint density at radius 2 is 2.00 bits per heavy atom. The van der Waals surface area contributed by atoms with Crippen LogP contribution in [0.3, 0.4) is 0 Å². The normalized spacial score (nSPS) is 11.5. The van der Waals surface area contributed by atoms with Crippen molar-refractivity contribution in [3.05, 3.63) is 60.1 Å². The van der Waals surface area contributed by atoms with Gasteiger partial charge in [-0.1, -0.05) is 35.5 Å². The minimum atomic E-state index is -0.220. The summed E-state index contributed by atoms with van der Waals surface area (Å²) in [5, 5.41) is 13.0. The summed E-state index contributed by atoms with van der Waals surface area (Å²) in [7, 11) is 0. The fraction of sp³-hybridized carbons (Fsp3) is 0.154. The third kappa shape index (κ3) is 3.19. The van der Waals surface area contributed by atoms with Gasteiger partial charge in [-0.05, 0) is 17.7 Å². The summed E-state index contributed by atoms with van der Waals surface area (Å²) in [6.45, 7) is 0.146. The van der Waals surface area contributed by atoms with Crippen LogP contribution >= 0.6 is 0 Å². The van der Waals surface area contributed by atoms with Crippen LogP contribution in [-0.4, -0.2) is 17.4 Å². The van der Waals surface area contributed by atoms with E-state index in [1.807, 2.05) is 30.3 Å². The van der Waals surface area contributed by atoms with E-state index in [0.717, 1.165) is 5.56 Å². The molecule has 0 radical (unpaired) electrons. The van der Waals surface area contributed by atoms with Gasteiger partial charge in [-0.15, -0.1) is 0 Å². The van der Waals surface area contributed by atoms with Crippen LogP contribution in [0.15, 0.2) is 58.3 Å². The molecule has 1 aromatic carbocycles. The van der Waals surface area contributed by atoms with Crippen molar-refractivity contribution >= 4 is 5.71 Å². The van der Waals surface area contributed by atoms with E-state index in [9.17, 15) is 0 Å². The molecular formula is C13H13NO3. The van der Waals surface area contributed by atoms with Gasteiger partial charge < -0.3 is 14.4 Å². The summed E-state index contributed by atoms with van der Waals surface area (Å²) in [6, 6.07) is 13.2. The zero-order valence-electron chi connectivity index (χ0n) is 9.24. The number of rotatable bonds is 5. The quantitative estimate of drug-likeness (QED) is 0.634. The lowest BCUT2D eigenvalue weighted by molar-refractivity contribution is 0.128. The summed E-state index contributed by atoms with van der Waals surface area (Å²) in [5.74, 6) is 0.514. The molecular weight excluding hydrogens is 218 g/mol. The highest BCUT2D eigenvalue weighted by atomic mass is 16.6. The van der Waals surface area contributed by atoms with E-state index in [1.54, 1.807) is 12.1 Å². The fourth-order valence-corrected chi connectivity index (χ4v) is 1.35. The molecule has 1 N–H and O–H groups in total. The predicted octanol–water partition coefficient (Wildman–Crippen LogP) is 2.19. The molecule has 0 fully saturated rings. The fourth-order valence-electron chi connectivity index (χ4n) is 1.35. The number of furan rings is 1. The van der Waals surface area contributed by atoms with Crippen LogP contribution < -0.4 is 0 Å². The monoisotopic (exact) mass is 231 g/mol. The first kappa shape index (κ1) is 11.4. The average Bonchev–Trinajstić information content (AvgIpc) is 2.90. The molecule has 0 saturated carbocycles. The van der Waals surface area contributed by atoms with E-state index in [0.29, 0.717) is 18.1 Å². The Bertz CT molecular complexity index is 463. The first-order valence-electron chi connectivity index (χ1n) is 5.27. The summed E-state index contributed by atoms with van der Waals surface area (Å²) in [4.78, 5) is 5.16. The largest absolute Gasteiger partial charge is 0.463 e. The van der Waals surface area contributed by atoms with E-state index in [1.165, 1.54) is 6.26 Å². The molecule has 0 aliphatic heterocycles. The lowest BCUT2D eigenvalue weighted by Gasteiger charge is -2.01. The molecule has 1 aromatic heterocycles. The molecule has 0 aliphatic rings.